The number of piperazine rings is 1. The van der Waals surface area contributed by atoms with Crippen molar-refractivity contribution in [1.29, 1.82) is 0 Å². The van der Waals surface area contributed by atoms with E-state index in [0.717, 1.165) is 55.5 Å². The molecule has 0 spiro atoms. The normalized spacial score (nSPS) is 15.4. The average Bonchev–Trinajstić information content (AvgIpc) is 2.76. The van der Waals surface area contributed by atoms with Gasteiger partial charge in [0.1, 0.15) is 5.75 Å². The summed E-state index contributed by atoms with van der Waals surface area (Å²) in [5, 5.41) is 4.82. The highest BCUT2D eigenvalue weighted by molar-refractivity contribution is 6.30. The molecule has 160 valence electrons. The molecule has 6 nitrogen and oxygen atoms in total. The van der Waals surface area contributed by atoms with Crippen LogP contribution in [-0.4, -0.2) is 61.3 Å². The largest absolute Gasteiger partial charge is 0.494 e. The molecule has 2 aromatic rings. The predicted molar refractivity (Wildman–Crippen MR) is 121 cm³/mol. The SMILES string of the molecule is CCCOc1ccc(/C=N/NC(=O)CN2CCN(Cc3ccc(Cl)cc3)CC2)cc1. The second-order valence-electron chi connectivity index (χ2n) is 7.39. The lowest BCUT2D eigenvalue weighted by atomic mass is 10.2. The molecule has 1 aliphatic rings. The molecule has 0 atom stereocenters. The Bertz CT molecular complexity index is 816. The number of ether oxygens (including phenoxy) is 1. The smallest absolute Gasteiger partial charge is 0.254 e. The van der Waals surface area contributed by atoms with Gasteiger partial charge in [-0.25, -0.2) is 5.43 Å². The van der Waals surface area contributed by atoms with E-state index in [0.29, 0.717) is 13.2 Å². The third-order valence-corrected chi connectivity index (χ3v) is 5.16. The van der Waals surface area contributed by atoms with E-state index < -0.39 is 0 Å². The monoisotopic (exact) mass is 428 g/mol. The Morgan fingerprint density at radius 3 is 2.40 bits per heavy atom. The highest BCUT2D eigenvalue weighted by atomic mass is 35.5. The van der Waals surface area contributed by atoms with Gasteiger partial charge >= 0.3 is 0 Å². The number of rotatable bonds is 9. The Labute approximate surface area is 183 Å². The number of nitrogens with one attached hydrogen (secondary N) is 1. The van der Waals surface area contributed by atoms with Gasteiger partial charge in [0.05, 0.1) is 19.4 Å². The van der Waals surface area contributed by atoms with Gasteiger partial charge in [0.15, 0.2) is 0 Å². The van der Waals surface area contributed by atoms with Gasteiger partial charge < -0.3 is 4.74 Å². The van der Waals surface area contributed by atoms with Gasteiger partial charge in [-0.2, -0.15) is 5.10 Å². The van der Waals surface area contributed by atoms with Crippen molar-refractivity contribution in [2.75, 3.05) is 39.3 Å². The Kier molecular flexibility index (Phi) is 8.68. The molecule has 0 aliphatic carbocycles. The Morgan fingerprint density at radius 1 is 1.07 bits per heavy atom. The summed E-state index contributed by atoms with van der Waals surface area (Å²) in [5.74, 6) is 0.744. The van der Waals surface area contributed by atoms with Crippen molar-refractivity contribution >= 4 is 23.7 Å². The molecule has 1 aliphatic heterocycles. The lowest BCUT2D eigenvalue weighted by Crippen LogP contribution is -2.48. The number of amides is 1. The third-order valence-electron chi connectivity index (χ3n) is 4.91. The molecular formula is C23H29ClN4O2. The second-order valence-corrected chi connectivity index (χ2v) is 7.83. The molecule has 1 amide bonds. The van der Waals surface area contributed by atoms with Crippen molar-refractivity contribution in [3.8, 4) is 5.75 Å². The maximum Gasteiger partial charge on any atom is 0.254 e. The number of hydrogen-bond donors (Lipinski definition) is 1. The molecular weight excluding hydrogens is 400 g/mol. The molecule has 1 N–H and O–H groups in total. The van der Waals surface area contributed by atoms with E-state index >= 15 is 0 Å². The number of carbonyl (C=O) groups excluding carboxylic acids is 1. The molecule has 7 heteroatoms. The molecule has 0 saturated carbocycles. The van der Waals surface area contributed by atoms with E-state index in [1.54, 1.807) is 6.21 Å². The van der Waals surface area contributed by atoms with E-state index in [2.05, 4.69) is 39.4 Å². The lowest BCUT2D eigenvalue weighted by Gasteiger charge is -2.34. The molecule has 0 aromatic heterocycles. The molecule has 1 fully saturated rings. The van der Waals surface area contributed by atoms with Gasteiger partial charge in [0.25, 0.3) is 5.91 Å². The van der Waals surface area contributed by atoms with Crippen LogP contribution in [0.15, 0.2) is 53.6 Å². The van der Waals surface area contributed by atoms with Gasteiger partial charge in [-0.15, -0.1) is 0 Å². The molecule has 30 heavy (non-hydrogen) atoms. The summed E-state index contributed by atoms with van der Waals surface area (Å²) < 4.78 is 5.55. The first kappa shape index (κ1) is 22.3. The summed E-state index contributed by atoms with van der Waals surface area (Å²) >= 11 is 5.94. The van der Waals surface area contributed by atoms with Gasteiger partial charge in [-0.05, 0) is 53.9 Å². The number of benzene rings is 2. The Morgan fingerprint density at radius 2 is 1.73 bits per heavy atom. The van der Waals surface area contributed by atoms with E-state index in [1.807, 2.05) is 36.4 Å². The van der Waals surface area contributed by atoms with Crippen LogP contribution in [0.25, 0.3) is 0 Å². The van der Waals surface area contributed by atoms with Crippen molar-refractivity contribution in [2.45, 2.75) is 19.9 Å². The van der Waals surface area contributed by atoms with Gasteiger partial charge in [0, 0.05) is 37.7 Å². The topological polar surface area (TPSA) is 57.2 Å². The fourth-order valence-corrected chi connectivity index (χ4v) is 3.37. The zero-order valence-electron chi connectivity index (χ0n) is 17.4. The Balaban J connectivity index is 1.35. The standard InChI is InChI=1S/C23H29ClN4O2/c1-2-15-30-22-9-5-19(6-10-22)16-25-26-23(29)18-28-13-11-27(12-14-28)17-20-3-7-21(24)8-4-20/h3-10,16H,2,11-15,17-18H2,1H3,(H,26,29)/b25-16+. The zero-order chi connectivity index (χ0) is 21.2. The molecule has 0 unspecified atom stereocenters. The minimum Gasteiger partial charge on any atom is -0.494 e. The van der Waals surface area contributed by atoms with Crippen LogP contribution < -0.4 is 10.2 Å². The number of halogens is 1. The molecule has 0 radical (unpaired) electrons. The average molecular weight is 429 g/mol. The van der Waals surface area contributed by atoms with Gasteiger partial charge in [-0.3, -0.25) is 14.6 Å². The third kappa shape index (κ3) is 7.44. The van der Waals surface area contributed by atoms with Crippen LogP contribution in [0.4, 0.5) is 0 Å². The van der Waals surface area contributed by atoms with Gasteiger partial charge in [0.2, 0.25) is 0 Å². The fourth-order valence-electron chi connectivity index (χ4n) is 3.24. The Hall–Kier alpha value is -2.41. The maximum absolute atomic E-state index is 12.2. The summed E-state index contributed by atoms with van der Waals surface area (Å²) in [6.45, 7) is 7.65. The number of hydrazone groups is 1. The first-order chi connectivity index (χ1) is 14.6. The van der Waals surface area contributed by atoms with Crippen molar-refractivity contribution in [1.82, 2.24) is 15.2 Å². The van der Waals surface area contributed by atoms with Crippen molar-refractivity contribution in [3.05, 3.63) is 64.7 Å². The summed E-state index contributed by atoms with van der Waals surface area (Å²) in [5.41, 5.74) is 4.78. The summed E-state index contributed by atoms with van der Waals surface area (Å²) in [6, 6.07) is 15.6. The minimum atomic E-state index is -0.0969. The van der Waals surface area contributed by atoms with Crippen LogP contribution in [0, 0.1) is 0 Å². The summed E-state index contributed by atoms with van der Waals surface area (Å²) in [6.07, 6.45) is 2.62. The highest BCUT2D eigenvalue weighted by Gasteiger charge is 2.18. The maximum atomic E-state index is 12.2. The number of carbonyl (C=O) groups is 1. The number of nitrogens with zero attached hydrogens (tertiary/aromatic N) is 3. The van der Waals surface area contributed by atoms with Crippen LogP contribution in [0.5, 0.6) is 5.75 Å². The first-order valence-electron chi connectivity index (χ1n) is 10.4. The van der Waals surface area contributed by atoms with Crippen LogP contribution in [-0.2, 0) is 11.3 Å². The quantitative estimate of drug-likeness (QED) is 0.491. The van der Waals surface area contributed by atoms with Crippen LogP contribution in [0.1, 0.15) is 24.5 Å². The number of hydrogen-bond acceptors (Lipinski definition) is 5. The van der Waals surface area contributed by atoms with Crippen LogP contribution >= 0.6 is 11.6 Å². The molecule has 0 bridgehead atoms. The highest BCUT2D eigenvalue weighted by Crippen LogP contribution is 2.13. The minimum absolute atomic E-state index is 0.0969. The fraction of sp³-hybridized carbons (Fsp3) is 0.391. The first-order valence-corrected chi connectivity index (χ1v) is 10.7. The predicted octanol–water partition coefficient (Wildman–Crippen LogP) is 3.40. The molecule has 1 heterocycles. The lowest BCUT2D eigenvalue weighted by molar-refractivity contribution is -0.122. The molecule has 2 aromatic carbocycles. The van der Waals surface area contributed by atoms with Gasteiger partial charge in [-0.1, -0.05) is 30.7 Å². The van der Waals surface area contributed by atoms with E-state index in [-0.39, 0.29) is 5.91 Å². The second kappa shape index (κ2) is 11.7. The van der Waals surface area contributed by atoms with Crippen molar-refractivity contribution < 1.29 is 9.53 Å². The van der Waals surface area contributed by atoms with Crippen molar-refractivity contribution in [3.63, 3.8) is 0 Å². The van der Waals surface area contributed by atoms with Crippen molar-refractivity contribution in [2.24, 2.45) is 5.10 Å². The van der Waals surface area contributed by atoms with E-state index in [4.69, 9.17) is 16.3 Å². The van der Waals surface area contributed by atoms with E-state index in [9.17, 15) is 4.79 Å². The molecule has 1 saturated heterocycles. The van der Waals surface area contributed by atoms with Crippen LogP contribution in [0.2, 0.25) is 5.02 Å². The van der Waals surface area contributed by atoms with E-state index in [1.165, 1.54) is 5.56 Å². The summed E-state index contributed by atoms with van der Waals surface area (Å²) in [4.78, 5) is 16.7. The molecule has 3 rings (SSSR count). The van der Waals surface area contributed by atoms with Crippen LogP contribution in [0.3, 0.4) is 0 Å². The summed E-state index contributed by atoms with van der Waals surface area (Å²) in [7, 11) is 0. The zero-order valence-corrected chi connectivity index (χ0v) is 18.1.